The SMILES string of the molecule is Nc1nc(OCC(=O)O)nc2c1[nH]c(=O)n2Cc1ccccc1. The molecule has 0 fully saturated rings. The predicted octanol–water partition coefficient (Wildman–Crippen LogP) is 0.214. The van der Waals surface area contributed by atoms with E-state index in [1.807, 2.05) is 30.3 Å². The van der Waals surface area contributed by atoms with Crippen molar-refractivity contribution in [2.45, 2.75) is 6.54 Å². The fourth-order valence-corrected chi connectivity index (χ4v) is 2.13. The van der Waals surface area contributed by atoms with Crippen LogP contribution in [0.15, 0.2) is 35.1 Å². The van der Waals surface area contributed by atoms with Crippen molar-refractivity contribution < 1.29 is 14.6 Å². The van der Waals surface area contributed by atoms with Gasteiger partial charge >= 0.3 is 17.7 Å². The van der Waals surface area contributed by atoms with Crippen molar-refractivity contribution in [1.29, 1.82) is 0 Å². The third-order valence-electron chi connectivity index (χ3n) is 3.14. The predicted molar refractivity (Wildman–Crippen MR) is 81.2 cm³/mol. The number of nitrogens with one attached hydrogen (secondary N) is 1. The summed E-state index contributed by atoms with van der Waals surface area (Å²) in [7, 11) is 0. The molecule has 4 N–H and O–H groups in total. The third kappa shape index (κ3) is 2.98. The number of imidazole rings is 1. The van der Waals surface area contributed by atoms with Gasteiger partial charge in [-0.15, -0.1) is 0 Å². The molecule has 3 aromatic rings. The highest BCUT2D eigenvalue weighted by molar-refractivity contribution is 5.82. The van der Waals surface area contributed by atoms with Crippen molar-refractivity contribution in [2.75, 3.05) is 12.3 Å². The second-order valence-corrected chi connectivity index (χ2v) is 4.77. The Kier molecular flexibility index (Phi) is 3.67. The highest BCUT2D eigenvalue weighted by Crippen LogP contribution is 2.18. The second kappa shape index (κ2) is 5.79. The number of ether oxygens (including phenoxy) is 1. The lowest BCUT2D eigenvalue weighted by atomic mass is 10.2. The van der Waals surface area contributed by atoms with Crippen molar-refractivity contribution in [3.8, 4) is 6.01 Å². The number of nitrogens with zero attached hydrogens (tertiary/aromatic N) is 3. The first-order chi connectivity index (χ1) is 11.0. The van der Waals surface area contributed by atoms with E-state index < -0.39 is 12.6 Å². The fourth-order valence-electron chi connectivity index (χ4n) is 2.13. The van der Waals surface area contributed by atoms with E-state index in [4.69, 9.17) is 15.6 Å². The van der Waals surface area contributed by atoms with Gasteiger partial charge in [-0.05, 0) is 5.56 Å². The molecule has 9 heteroatoms. The Morgan fingerprint density at radius 2 is 2.04 bits per heavy atom. The first-order valence-corrected chi connectivity index (χ1v) is 6.69. The maximum atomic E-state index is 12.1. The number of aromatic nitrogens is 4. The lowest BCUT2D eigenvalue weighted by Gasteiger charge is -2.05. The Morgan fingerprint density at radius 1 is 1.30 bits per heavy atom. The summed E-state index contributed by atoms with van der Waals surface area (Å²) in [6.45, 7) is -0.313. The van der Waals surface area contributed by atoms with Gasteiger partial charge in [0.2, 0.25) is 0 Å². The average molecular weight is 315 g/mol. The average Bonchev–Trinajstić information content (AvgIpc) is 2.83. The van der Waals surface area contributed by atoms with Crippen molar-refractivity contribution >= 4 is 23.0 Å². The van der Waals surface area contributed by atoms with Gasteiger partial charge in [0.05, 0.1) is 6.54 Å². The molecule has 0 unspecified atom stereocenters. The van der Waals surface area contributed by atoms with E-state index in [2.05, 4.69) is 15.0 Å². The summed E-state index contributed by atoms with van der Waals surface area (Å²) in [5.41, 5.74) is 6.83. The summed E-state index contributed by atoms with van der Waals surface area (Å²) in [6, 6.07) is 9.15. The van der Waals surface area contributed by atoms with E-state index in [-0.39, 0.29) is 35.2 Å². The molecular weight excluding hydrogens is 302 g/mol. The molecule has 0 atom stereocenters. The smallest absolute Gasteiger partial charge is 0.341 e. The van der Waals surface area contributed by atoms with Crippen molar-refractivity contribution in [3.63, 3.8) is 0 Å². The number of anilines is 1. The van der Waals surface area contributed by atoms with Crippen LogP contribution in [0.1, 0.15) is 5.56 Å². The molecule has 0 bridgehead atoms. The first kappa shape index (κ1) is 14.6. The number of hydrogen-bond acceptors (Lipinski definition) is 6. The molecule has 2 aromatic heterocycles. The molecule has 0 spiro atoms. The molecule has 0 aliphatic heterocycles. The number of benzene rings is 1. The minimum atomic E-state index is -1.16. The molecule has 0 saturated heterocycles. The summed E-state index contributed by atoms with van der Waals surface area (Å²) in [4.78, 5) is 33.2. The molecule has 0 aliphatic carbocycles. The van der Waals surface area contributed by atoms with Crippen LogP contribution in [0, 0.1) is 0 Å². The van der Waals surface area contributed by atoms with Crippen LogP contribution < -0.4 is 16.2 Å². The molecule has 118 valence electrons. The molecule has 23 heavy (non-hydrogen) atoms. The van der Waals surface area contributed by atoms with E-state index >= 15 is 0 Å². The molecule has 0 aliphatic rings. The number of hydrogen-bond donors (Lipinski definition) is 3. The normalized spacial score (nSPS) is 10.8. The van der Waals surface area contributed by atoms with Crippen LogP contribution in [0.3, 0.4) is 0 Å². The molecule has 9 nitrogen and oxygen atoms in total. The van der Waals surface area contributed by atoms with E-state index in [1.54, 1.807) is 0 Å². The number of carbonyl (C=O) groups is 1. The number of rotatable bonds is 5. The molecular formula is C14H13N5O4. The zero-order chi connectivity index (χ0) is 16.4. The summed E-state index contributed by atoms with van der Waals surface area (Å²) < 4.78 is 6.33. The topological polar surface area (TPSA) is 136 Å². The van der Waals surface area contributed by atoms with Gasteiger partial charge in [0.1, 0.15) is 5.52 Å². The zero-order valence-electron chi connectivity index (χ0n) is 11.9. The number of H-pyrrole nitrogens is 1. The number of aliphatic carboxylic acids is 1. The van der Waals surface area contributed by atoms with Crippen LogP contribution in [0.4, 0.5) is 5.82 Å². The molecule has 1 aromatic carbocycles. The number of nitrogen functional groups attached to an aromatic ring is 1. The lowest BCUT2D eigenvalue weighted by molar-refractivity contribution is -0.139. The molecule has 0 saturated carbocycles. The van der Waals surface area contributed by atoms with Crippen LogP contribution in [-0.4, -0.2) is 37.2 Å². The largest absolute Gasteiger partial charge is 0.479 e. The monoisotopic (exact) mass is 315 g/mol. The van der Waals surface area contributed by atoms with Gasteiger partial charge in [0.15, 0.2) is 18.1 Å². The van der Waals surface area contributed by atoms with Gasteiger partial charge in [0.25, 0.3) is 0 Å². The van der Waals surface area contributed by atoms with Crippen LogP contribution in [0.5, 0.6) is 6.01 Å². The van der Waals surface area contributed by atoms with Gasteiger partial charge in [0, 0.05) is 0 Å². The highest BCUT2D eigenvalue weighted by atomic mass is 16.5. The van der Waals surface area contributed by atoms with Gasteiger partial charge in [-0.25, -0.2) is 9.59 Å². The maximum Gasteiger partial charge on any atom is 0.341 e. The highest BCUT2D eigenvalue weighted by Gasteiger charge is 2.15. The van der Waals surface area contributed by atoms with Gasteiger partial charge in [-0.2, -0.15) is 9.97 Å². The van der Waals surface area contributed by atoms with E-state index in [1.165, 1.54) is 4.57 Å². The minimum Gasteiger partial charge on any atom is -0.479 e. The molecule has 0 amide bonds. The number of fused-ring (bicyclic) bond motifs is 1. The van der Waals surface area contributed by atoms with Gasteiger partial charge in [-0.3, -0.25) is 4.57 Å². The molecule has 3 rings (SSSR count). The first-order valence-electron chi connectivity index (χ1n) is 6.69. The summed E-state index contributed by atoms with van der Waals surface area (Å²) >= 11 is 0. The van der Waals surface area contributed by atoms with E-state index in [0.29, 0.717) is 0 Å². The zero-order valence-corrected chi connectivity index (χ0v) is 11.9. The van der Waals surface area contributed by atoms with Crippen molar-refractivity contribution in [3.05, 3.63) is 46.4 Å². The summed E-state index contributed by atoms with van der Waals surface area (Å²) in [6.07, 6.45) is 0. The minimum absolute atomic E-state index is 0.0132. The fraction of sp³-hybridized carbons (Fsp3) is 0.143. The van der Waals surface area contributed by atoms with E-state index in [0.717, 1.165) is 5.56 Å². The Morgan fingerprint density at radius 3 is 2.74 bits per heavy atom. The van der Waals surface area contributed by atoms with Crippen molar-refractivity contribution in [1.82, 2.24) is 19.5 Å². The lowest BCUT2D eigenvalue weighted by Crippen LogP contribution is -2.18. The standard InChI is InChI=1S/C14H13N5O4/c15-11-10-12(18-13(17-11)23-7-9(20)21)19(14(22)16-10)6-8-4-2-1-3-5-8/h1-5H,6-7H2,(H,16,22)(H,20,21)(H2,15,17,18). The molecule has 0 radical (unpaired) electrons. The molecule has 2 heterocycles. The summed E-state index contributed by atoms with van der Waals surface area (Å²) in [5, 5.41) is 8.64. The van der Waals surface area contributed by atoms with Gasteiger partial charge in [-0.1, -0.05) is 30.3 Å². The quantitative estimate of drug-likeness (QED) is 0.612. The van der Waals surface area contributed by atoms with Crippen LogP contribution in [-0.2, 0) is 11.3 Å². The Balaban J connectivity index is 2.05. The Labute approximate surface area is 129 Å². The number of aromatic amines is 1. The number of carboxylic acid groups (broad SMARTS) is 1. The van der Waals surface area contributed by atoms with Crippen LogP contribution >= 0.6 is 0 Å². The Hall–Kier alpha value is -3.36. The number of carboxylic acids is 1. The third-order valence-corrected chi connectivity index (χ3v) is 3.14. The van der Waals surface area contributed by atoms with Crippen molar-refractivity contribution in [2.24, 2.45) is 0 Å². The Bertz CT molecular complexity index is 916. The van der Waals surface area contributed by atoms with Gasteiger partial charge < -0.3 is 20.6 Å². The number of nitrogens with two attached hydrogens (primary N) is 1. The van der Waals surface area contributed by atoms with Crippen LogP contribution in [0.25, 0.3) is 11.2 Å². The second-order valence-electron chi connectivity index (χ2n) is 4.77. The summed E-state index contributed by atoms with van der Waals surface area (Å²) in [5.74, 6) is -1.15. The van der Waals surface area contributed by atoms with E-state index in [9.17, 15) is 9.59 Å². The van der Waals surface area contributed by atoms with Crippen LogP contribution in [0.2, 0.25) is 0 Å². The maximum absolute atomic E-state index is 12.1.